The van der Waals surface area contributed by atoms with E-state index >= 15 is 0 Å². The fourth-order valence-electron chi connectivity index (χ4n) is 3.22. The van der Waals surface area contributed by atoms with Gasteiger partial charge >= 0.3 is 0 Å². The number of phenols is 3. The average Bonchev–Trinajstić information content (AvgIpc) is 2.59. The molecule has 6 nitrogen and oxygen atoms in total. The lowest BCUT2D eigenvalue weighted by atomic mass is 9.87. The summed E-state index contributed by atoms with van der Waals surface area (Å²) in [6.07, 6.45) is 2.55. The quantitative estimate of drug-likeness (QED) is 0.711. The van der Waals surface area contributed by atoms with Crippen LogP contribution in [0, 0.1) is 0 Å². The molecule has 1 aliphatic heterocycles. The lowest BCUT2D eigenvalue weighted by Crippen LogP contribution is -2.26. The lowest BCUT2D eigenvalue weighted by molar-refractivity contribution is 0.0892. The van der Waals surface area contributed by atoms with Gasteiger partial charge in [0.15, 0.2) is 17.3 Å². The highest BCUT2D eigenvalue weighted by atomic mass is 16.5. The first-order chi connectivity index (χ1) is 12.8. The van der Waals surface area contributed by atoms with E-state index in [2.05, 4.69) is 0 Å². The van der Waals surface area contributed by atoms with Gasteiger partial charge in [0.25, 0.3) is 0 Å². The second-order valence-electron chi connectivity index (χ2n) is 6.78. The van der Waals surface area contributed by atoms with Crippen molar-refractivity contribution in [2.75, 3.05) is 13.7 Å². The third-order valence-corrected chi connectivity index (χ3v) is 4.54. The molecular formula is C21H22O6. The van der Waals surface area contributed by atoms with E-state index in [0.717, 1.165) is 17.2 Å². The van der Waals surface area contributed by atoms with E-state index in [1.54, 1.807) is 0 Å². The summed E-state index contributed by atoms with van der Waals surface area (Å²) in [6.45, 7) is 4.00. The van der Waals surface area contributed by atoms with Crippen LogP contribution in [0.2, 0.25) is 0 Å². The van der Waals surface area contributed by atoms with Crippen molar-refractivity contribution in [3.05, 3.63) is 52.6 Å². The molecule has 142 valence electrons. The minimum Gasteiger partial charge on any atom is -0.508 e. The Morgan fingerprint density at radius 1 is 1.19 bits per heavy atom. The van der Waals surface area contributed by atoms with Crippen molar-refractivity contribution in [1.29, 1.82) is 0 Å². The van der Waals surface area contributed by atoms with Crippen molar-refractivity contribution in [1.82, 2.24) is 0 Å². The monoisotopic (exact) mass is 370 g/mol. The normalized spacial score (nSPS) is 15.7. The number of allylic oxidation sites excluding steroid dienone is 2. The molecule has 2 aromatic rings. The number of phenolic OH excluding ortho intramolecular Hbond substituents is 3. The van der Waals surface area contributed by atoms with Crippen LogP contribution in [0.1, 0.15) is 41.3 Å². The molecule has 1 heterocycles. The van der Waals surface area contributed by atoms with Crippen LogP contribution in [0.25, 0.3) is 0 Å². The van der Waals surface area contributed by atoms with Crippen molar-refractivity contribution in [3.63, 3.8) is 0 Å². The van der Waals surface area contributed by atoms with Crippen LogP contribution in [0.4, 0.5) is 0 Å². The number of hydrogen-bond acceptors (Lipinski definition) is 6. The maximum absolute atomic E-state index is 12.9. The summed E-state index contributed by atoms with van der Waals surface area (Å²) in [5.41, 5.74) is 2.48. The molecule has 1 aliphatic rings. The smallest absolute Gasteiger partial charge is 0.181 e. The zero-order chi connectivity index (χ0) is 19.7. The number of carbonyl (C=O) groups is 1. The first-order valence-corrected chi connectivity index (χ1v) is 8.58. The van der Waals surface area contributed by atoms with E-state index in [1.807, 2.05) is 26.0 Å². The maximum atomic E-state index is 12.9. The van der Waals surface area contributed by atoms with Crippen molar-refractivity contribution < 1.29 is 29.6 Å². The molecule has 1 atom stereocenters. The van der Waals surface area contributed by atoms with Gasteiger partial charge in [0.2, 0.25) is 0 Å². The number of ketones is 1. The Kier molecular flexibility index (Phi) is 4.99. The fraction of sp³-hybridized carbons (Fsp3) is 0.286. The Bertz CT molecular complexity index is 925. The molecule has 2 aromatic carbocycles. The van der Waals surface area contributed by atoms with E-state index in [-0.39, 0.29) is 41.0 Å². The van der Waals surface area contributed by atoms with Crippen LogP contribution in [0.5, 0.6) is 28.7 Å². The Balaban J connectivity index is 2.04. The molecule has 0 bridgehead atoms. The van der Waals surface area contributed by atoms with Crippen molar-refractivity contribution in [2.24, 2.45) is 0 Å². The van der Waals surface area contributed by atoms with Gasteiger partial charge in [-0.15, -0.1) is 0 Å². The molecule has 0 fully saturated rings. The topological polar surface area (TPSA) is 96.2 Å². The molecular weight excluding hydrogens is 348 g/mol. The van der Waals surface area contributed by atoms with E-state index in [1.165, 1.54) is 19.2 Å². The molecule has 6 heteroatoms. The van der Waals surface area contributed by atoms with E-state index in [0.29, 0.717) is 17.7 Å². The fourth-order valence-corrected chi connectivity index (χ4v) is 3.22. The lowest BCUT2D eigenvalue weighted by Gasteiger charge is -2.26. The van der Waals surface area contributed by atoms with Gasteiger partial charge < -0.3 is 24.8 Å². The number of carbonyl (C=O) groups excluding carboxylic acids is 1. The maximum Gasteiger partial charge on any atom is 0.181 e. The summed E-state index contributed by atoms with van der Waals surface area (Å²) >= 11 is 0. The molecule has 0 saturated heterocycles. The highest BCUT2D eigenvalue weighted by Crippen LogP contribution is 2.42. The van der Waals surface area contributed by atoms with Crippen LogP contribution in [-0.4, -0.2) is 34.8 Å². The summed E-state index contributed by atoms with van der Waals surface area (Å²) in [5.74, 6) is -1.06. The highest BCUT2D eigenvalue weighted by Gasteiger charge is 2.34. The third kappa shape index (κ3) is 3.56. The number of hydrogen-bond donors (Lipinski definition) is 3. The predicted octanol–water partition coefficient (Wildman–Crippen LogP) is 3.68. The van der Waals surface area contributed by atoms with E-state index in [4.69, 9.17) is 9.47 Å². The molecule has 3 rings (SSSR count). The number of fused-ring (bicyclic) bond motifs is 1. The van der Waals surface area contributed by atoms with Gasteiger partial charge in [0, 0.05) is 17.7 Å². The Hall–Kier alpha value is -3.15. The van der Waals surface area contributed by atoms with Crippen LogP contribution >= 0.6 is 0 Å². The number of rotatable bonds is 4. The molecule has 27 heavy (non-hydrogen) atoms. The third-order valence-electron chi connectivity index (χ3n) is 4.54. The summed E-state index contributed by atoms with van der Waals surface area (Å²) < 4.78 is 10.9. The zero-order valence-corrected chi connectivity index (χ0v) is 15.4. The van der Waals surface area contributed by atoms with Gasteiger partial charge in [-0.1, -0.05) is 17.7 Å². The minimum absolute atomic E-state index is 0.0326. The summed E-state index contributed by atoms with van der Waals surface area (Å²) in [4.78, 5) is 12.9. The van der Waals surface area contributed by atoms with E-state index < -0.39 is 5.92 Å². The van der Waals surface area contributed by atoms with Gasteiger partial charge in [0.1, 0.15) is 29.4 Å². The molecule has 0 radical (unpaired) electrons. The molecule has 0 spiro atoms. The van der Waals surface area contributed by atoms with Gasteiger partial charge in [-0.2, -0.15) is 0 Å². The van der Waals surface area contributed by atoms with Crippen LogP contribution in [-0.2, 0) is 6.42 Å². The Morgan fingerprint density at radius 3 is 2.59 bits per heavy atom. The predicted molar refractivity (Wildman–Crippen MR) is 100 cm³/mol. The molecule has 1 unspecified atom stereocenters. The zero-order valence-electron chi connectivity index (χ0n) is 15.4. The van der Waals surface area contributed by atoms with Gasteiger partial charge in [-0.25, -0.2) is 0 Å². The molecule has 3 N–H and O–H groups in total. The number of Topliss-reactive ketones (excluding diaryl/α,β-unsaturated/α-hetero) is 1. The Morgan fingerprint density at radius 2 is 1.93 bits per heavy atom. The van der Waals surface area contributed by atoms with Crippen molar-refractivity contribution in [2.45, 2.75) is 26.2 Å². The SMILES string of the molecule is COc1c(O)cc(C2COc3cc(O)cc(O)c3C2=O)cc1CC=C(C)C. The molecule has 0 aliphatic carbocycles. The Labute approximate surface area is 157 Å². The second-order valence-corrected chi connectivity index (χ2v) is 6.78. The first kappa shape index (κ1) is 18.6. The minimum atomic E-state index is -0.685. The van der Waals surface area contributed by atoms with Gasteiger partial charge in [-0.05, 0) is 31.9 Å². The van der Waals surface area contributed by atoms with Crippen LogP contribution in [0.3, 0.4) is 0 Å². The van der Waals surface area contributed by atoms with Crippen molar-refractivity contribution >= 4 is 5.78 Å². The molecule has 0 saturated carbocycles. The number of methoxy groups -OCH3 is 1. The number of benzene rings is 2. The van der Waals surface area contributed by atoms with Crippen LogP contribution < -0.4 is 9.47 Å². The molecule has 0 aromatic heterocycles. The van der Waals surface area contributed by atoms with Crippen LogP contribution in [0.15, 0.2) is 35.9 Å². The van der Waals surface area contributed by atoms with Crippen molar-refractivity contribution in [3.8, 4) is 28.7 Å². The average molecular weight is 370 g/mol. The largest absolute Gasteiger partial charge is 0.508 e. The van der Waals surface area contributed by atoms with Gasteiger partial charge in [-0.3, -0.25) is 4.79 Å². The number of ether oxygens (including phenoxy) is 2. The van der Waals surface area contributed by atoms with Gasteiger partial charge in [0.05, 0.1) is 13.0 Å². The number of aromatic hydroxyl groups is 3. The summed E-state index contributed by atoms with van der Waals surface area (Å²) in [5, 5.41) is 30.0. The summed E-state index contributed by atoms with van der Waals surface area (Å²) in [7, 11) is 1.48. The van der Waals surface area contributed by atoms with E-state index in [9.17, 15) is 20.1 Å². The second kappa shape index (κ2) is 7.23. The highest BCUT2D eigenvalue weighted by molar-refractivity contribution is 6.06. The summed E-state index contributed by atoms with van der Waals surface area (Å²) in [6, 6.07) is 5.70. The standard InChI is InChI=1S/C21H22O6/c1-11(2)4-5-12-6-13(7-17(24)21(12)26-3)15-10-27-18-9-14(22)8-16(23)19(18)20(15)25/h4,6-9,15,22-24H,5,10H2,1-3H3. The first-order valence-electron chi connectivity index (χ1n) is 8.58. The molecule has 0 amide bonds.